The Morgan fingerprint density at radius 3 is 2.70 bits per heavy atom. The molecule has 0 aliphatic heterocycles. The van der Waals surface area contributed by atoms with Gasteiger partial charge in [-0.05, 0) is 42.5 Å². The number of phenolic OH excluding ortho intramolecular Hbond substituents is 1. The third-order valence-electron chi connectivity index (χ3n) is 4.35. The fraction of sp³-hybridized carbons (Fsp3) is 0.316. The van der Waals surface area contributed by atoms with Crippen molar-refractivity contribution in [3.8, 4) is 5.75 Å². The van der Waals surface area contributed by atoms with Crippen LogP contribution in [-0.4, -0.2) is 21.5 Å². The van der Waals surface area contributed by atoms with Crippen molar-refractivity contribution in [2.75, 3.05) is 6.54 Å². The van der Waals surface area contributed by atoms with Gasteiger partial charge in [0.2, 0.25) is 0 Å². The maximum Gasteiger partial charge on any atom is 0.167 e. The van der Waals surface area contributed by atoms with Crippen LogP contribution in [0.3, 0.4) is 0 Å². The van der Waals surface area contributed by atoms with Gasteiger partial charge in [0.25, 0.3) is 0 Å². The van der Waals surface area contributed by atoms with Crippen LogP contribution in [0.4, 0.5) is 0 Å². The smallest absolute Gasteiger partial charge is 0.167 e. The zero-order valence-electron chi connectivity index (χ0n) is 12.8. The lowest BCUT2D eigenvalue weighted by Crippen LogP contribution is -2.36. The van der Waals surface area contributed by atoms with Gasteiger partial charge in [0, 0.05) is 18.0 Å². The molecule has 120 valence electrons. The third-order valence-corrected chi connectivity index (χ3v) is 5.23. The number of rotatable bonds is 5. The van der Waals surface area contributed by atoms with Gasteiger partial charge in [0.15, 0.2) is 5.78 Å². The number of nitrogens with one attached hydrogen (secondary N) is 1. The van der Waals surface area contributed by atoms with Gasteiger partial charge in [-0.3, -0.25) is 4.79 Å². The van der Waals surface area contributed by atoms with Crippen LogP contribution < -0.4 is 5.32 Å². The van der Waals surface area contributed by atoms with E-state index in [1.54, 1.807) is 12.1 Å². The lowest BCUT2D eigenvalue weighted by Gasteiger charge is -2.24. The minimum absolute atomic E-state index is 0.0713. The van der Waals surface area contributed by atoms with Crippen LogP contribution in [-0.2, 0) is 12.8 Å². The first kappa shape index (κ1) is 16.5. The zero-order valence-corrected chi connectivity index (χ0v) is 15.0. The molecule has 0 radical (unpaired) electrons. The van der Waals surface area contributed by atoms with E-state index in [9.17, 15) is 9.90 Å². The molecule has 2 unspecified atom stereocenters. The predicted octanol–water partition coefficient (Wildman–Crippen LogP) is 3.73. The predicted molar refractivity (Wildman–Crippen MR) is 100 cm³/mol. The Morgan fingerprint density at radius 2 is 1.91 bits per heavy atom. The monoisotopic (exact) mass is 421 g/mol. The number of halogens is 1. The van der Waals surface area contributed by atoms with Gasteiger partial charge in [0.1, 0.15) is 5.75 Å². The molecule has 0 saturated heterocycles. The molecule has 0 heterocycles. The van der Waals surface area contributed by atoms with Gasteiger partial charge in [-0.1, -0.05) is 59.0 Å². The van der Waals surface area contributed by atoms with Crippen molar-refractivity contribution in [3.63, 3.8) is 0 Å². The molecule has 0 fully saturated rings. The Morgan fingerprint density at radius 1 is 1.17 bits per heavy atom. The average Bonchev–Trinajstić information content (AvgIpc) is 2.57. The summed E-state index contributed by atoms with van der Waals surface area (Å²) in [6.07, 6.45) is 2.78. The first-order valence-electron chi connectivity index (χ1n) is 7.91. The highest BCUT2D eigenvalue weighted by molar-refractivity contribution is 14.1. The van der Waals surface area contributed by atoms with Crippen molar-refractivity contribution >= 4 is 28.4 Å². The Kier molecular flexibility index (Phi) is 5.33. The molecule has 2 N–H and O–H groups in total. The summed E-state index contributed by atoms with van der Waals surface area (Å²) in [5.41, 5.74) is 3.26. The lowest BCUT2D eigenvalue weighted by molar-refractivity contribution is 0.0900. The molecule has 2 aromatic carbocycles. The normalized spacial score (nSPS) is 18.5. The molecular weight excluding hydrogens is 401 g/mol. The van der Waals surface area contributed by atoms with E-state index in [1.807, 2.05) is 30.3 Å². The first-order chi connectivity index (χ1) is 11.1. The van der Waals surface area contributed by atoms with Gasteiger partial charge < -0.3 is 10.4 Å². The molecular formula is C19H20INO2. The number of hydrogen-bond acceptors (Lipinski definition) is 3. The first-order valence-corrected chi connectivity index (χ1v) is 9.15. The fourth-order valence-corrected chi connectivity index (χ4v) is 3.80. The van der Waals surface area contributed by atoms with E-state index in [4.69, 9.17) is 0 Å². The third kappa shape index (κ3) is 4.12. The molecule has 3 nitrogen and oxygen atoms in total. The van der Waals surface area contributed by atoms with Crippen LogP contribution in [0.5, 0.6) is 5.75 Å². The molecule has 1 aliphatic rings. The largest absolute Gasteiger partial charge is 0.508 e. The number of carbonyl (C=O) groups is 1. The molecule has 4 heteroatoms. The number of hydrogen-bond donors (Lipinski definition) is 2. The zero-order chi connectivity index (χ0) is 16.2. The number of alkyl halides is 1. The molecule has 0 spiro atoms. The highest BCUT2D eigenvalue weighted by atomic mass is 127. The number of fused-ring (bicyclic) bond motifs is 1. The highest BCUT2D eigenvalue weighted by Crippen LogP contribution is 2.25. The van der Waals surface area contributed by atoms with Crippen LogP contribution in [0, 0.1) is 5.92 Å². The molecule has 0 bridgehead atoms. The number of phenols is 1. The van der Waals surface area contributed by atoms with Crippen molar-refractivity contribution in [1.82, 2.24) is 5.32 Å². The number of benzene rings is 2. The highest BCUT2D eigenvalue weighted by Gasteiger charge is 2.27. The average molecular weight is 421 g/mol. The molecule has 3 rings (SSSR count). The molecule has 0 aromatic heterocycles. The maximum atomic E-state index is 12.6. The van der Waals surface area contributed by atoms with Crippen LogP contribution >= 0.6 is 22.6 Å². The van der Waals surface area contributed by atoms with E-state index in [0.29, 0.717) is 0 Å². The Labute approximate surface area is 150 Å². The summed E-state index contributed by atoms with van der Waals surface area (Å²) in [7, 11) is 0. The van der Waals surface area contributed by atoms with Crippen LogP contribution in [0.25, 0.3) is 0 Å². The Balaban J connectivity index is 1.54. The fourth-order valence-electron chi connectivity index (χ4n) is 3.04. The molecule has 0 saturated carbocycles. The van der Waals surface area contributed by atoms with E-state index < -0.39 is 0 Å². The topological polar surface area (TPSA) is 49.3 Å². The summed E-state index contributed by atoms with van der Waals surface area (Å²) in [5, 5.41) is 12.8. The number of Topliss-reactive ketones (excluding diaryl/α,β-unsaturated/α-hetero) is 1. The molecule has 2 atom stereocenters. The lowest BCUT2D eigenvalue weighted by atomic mass is 9.83. The van der Waals surface area contributed by atoms with E-state index in [2.05, 4.69) is 34.0 Å². The second kappa shape index (κ2) is 7.45. The summed E-state index contributed by atoms with van der Waals surface area (Å²) < 4.78 is 0.266. The quantitative estimate of drug-likeness (QED) is 0.440. The summed E-state index contributed by atoms with van der Waals surface area (Å²) in [5.74, 6) is 0.632. The minimum atomic E-state index is 0.0713. The van der Waals surface area contributed by atoms with Gasteiger partial charge in [0.05, 0.1) is 4.05 Å². The van der Waals surface area contributed by atoms with Crippen molar-refractivity contribution in [2.45, 2.75) is 23.3 Å². The second-order valence-electron chi connectivity index (χ2n) is 6.00. The Bertz CT molecular complexity index is 684. The standard InChI is InChI=1S/C19H20INO2/c20-18(11-13-5-9-16(22)10-6-13)21-12-15-8-7-14-3-1-2-4-17(14)19(15)23/h1-6,9-10,15,18,21-22H,7-8,11-12H2. The molecule has 23 heavy (non-hydrogen) atoms. The minimum Gasteiger partial charge on any atom is -0.508 e. The van der Waals surface area contributed by atoms with Crippen molar-refractivity contribution < 1.29 is 9.90 Å². The van der Waals surface area contributed by atoms with Crippen LogP contribution in [0.1, 0.15) is 27.9 Å². The molecule has 2 aromatic rings. The van der Waals surface area contributed by atoms with Gasteiger partial charge >= 0.3 is 0 Å². The van der Waals surface area contributed by atoms with E-state index >= 15 is 0 Å². The molecule has 1 aliphatic carbocycles. The maximum absolute atomic E-state index is 12.6. The van der Waals surface area contributed by atoms with Crippen LogP contribution in [0.15, 0.2) is 48.5 Å². The van der Waals surface area contributed by atoms with E-state index in [0.717, 1.165) is 31.4 Å². The van der Waals surface area contributed by atoms with Gasteiger partial charge in [-0.25, -0.2) is 0 Å². The Hall–Kier alpha value is -1.40. The van der Waals surface area contributed by atoms with Crippen molar-refractivity contribution in [1.29, 1.82) is 0 Å². The number of aromatic hydroxyl groups is 1. The van der Waals surface area contributed by atoms with E-state index in [1.165, 1.54) is 11.1 Å². The number of ketones is 1. The summed E-state index contributed by atoms with van der Waals surface area (Å²) >= 11 is 2.37. The SMILES string of the molecule is O=C1c2ccccc2CCC1CNC(I)Cc1ccc(O)cc1. The van der Waals surface area contributed by atoms with Crippen molar-refractivity contribution in [2.24, 2.45) is 5.92 Å². The summed E-state index contributed by atoms with van der Waals surface area (Å²) in [6, 6.07) is 15.2. The van der Waals surface area contributed by atoms with Crippen molar-refractivity contribution in [3.05, 3.63) is 65.2 Å². The van der Waals surface area contributed by atoms with Gasteiger partial charge in [-0.2, -0.15) is 0 Å². The summed E-state index contributed by atoms with van der Waals surface area (Å²) in [4.78, 5) is 12.6. The number of carbonyl (C=O) groups excluding carboxylic acids is 1. The van der Waals surface area contributed by atoms with Gasteiger partial charge in [-0.15, -0.1) is 0 Å². The summed E-state index contributed by atoms with van der Waals surface area (Å²) in [6.45, 7) is 0.721. The van der Waals surface area contributed by atoms with E-state index in [-0.39, 0.29) is 21.5 Å². The second-order valence-corrected chi connectivity index (χ2v) is 7.51. The van der Waals surface area contributed by atoms with Crippen LogP contribution in [0.2, 0.25) is 0 Å². The molecule has 0 amide bonds. The number of aryl methyl sites for hydroxylation is 1.